The smallest absolute Gasteiger partial charge is 0.263 e. The van der Waals surface area contributed by atoms with Crippen molar-refractivity contribution in [2.45, 2.75) is 70.9 Å². The second-order valence-electron chi connectivity index (χ2n) is 10.2. The van der Waals surface area contributed by atoms with Crippen LogP contribution in [0.5, 0.6) is 0 Å². The van der Waals surface area contributed by atoms with E-state index in [2.05, 4.69) is 42.3 Å². The van der Waals surface area contributed by atoms with E-state index in [4.69, 9.17) is 0 Å². The summed E-state index contributed by atoms with van der Waals surface area (Å²) in [5.41, 5.74) is 2.84. The van der Waals surface area contributed by atoms with Crippen LogP contribution in [0.1, 0.15) is 57.9 Å². The Morgan fingerprint density at radius 2 is 1.83 bits per heavy atom. The lowest BCUT2D eigenvalue weighted by Crippen LogP contribution is -2.56. The van der Waals surface area contributed by atoms with Crippen molar-refractivity contribution in [2.24, 2.45) is 23.2 Å². The van der Waals surface area contributed by atoms with Crippen molar-refractivity contribution in [3.63, 3.8) is 0 Å². The van der Waals surface area contributed by atoms with Crippen molar-refractivity contribution in [3.8, 4) is 6.07 Å². The molecule has 4 fully saturated rings. The number of carbonyl (C=O) groups excluding carboxylic acids is 1. The third-order valence-corrected chi connectivity index (χ3v) is 8.25. The first-order valence-corrected chi connectivity index (χ1v) is 11.3. The van der Waals surface area contributed by atoms with Gasteiger partial charge in [0.05, 0.1) is 0 Å². The van der Waals surface area contributed by atoms with Crippen LogP contribution in [-0.4, -0.2) is 18.0 Å². The van der Waals surface area contributed by atoms with Crippen LogP contribution in [0.2, 0.25) is 0 Å². The second-order valence-corrected chi connectivity index (χ2v) is 10.2. The first-order chi connectivity index (χ1) is 14.0. The van der Waals surface area contributed by atoms with Crippen LogP contribution in [0, 0.1) is 34.5 Å². The summed E-state index contributed by atoms with van der Waals surface area (Å²) in [4.78, 5) is 15.1. The van der Waals surface area contributed by atoms with Gasteiger partial charge in [-0.25, -0.2) is 0 Å². The van der Waals surface area contributed by atoms with Crippen molar-refractivity contribution in [1.29, 1.82) is 5.26 Å². The van der Waals surface area contributed by atoms with E-state index in [1.54, 1.807) is 6.20 Å². The minimum atomic E-state index is -0.215. The monoisotopic (exact) mass is 389 g/mol. The van der Waals surface area contributed by atoms with E-state index < -0.39 is 0 Å². The number of amides is 1. The average Bonchev–Trinajstić information content (AvgIpc) is 2.99. The molecule has 2 atom stereocenters. The fourth-order valence-electron chi connectivity index (χ4n) is 7.20. The summed E-state index contributed by atoms with van der Waals surface area (Å²) in [6.07, 6.45) is 10.7. The number of carbonyl (C=O) groups is 1. The van der Waals surface area contributed by atoms with Crippen LogP contribution in [0.4, 0.5) is 5.69 Å². The van der Waals surface area contributed by atoms with Gasteiger partial charge in [0, 0.05) is 24.0 Å². The fraction of sp³-hybridized carbons (Fsp3) is 0.600. The van der Waals surface area contributed by atoms with Gasteiger partial charge in [-0.05, 0) is 93.6 Å². The van der Waals surface area contributed by atoms with Gasteiger partial charge in [0.1, 0.15) is 11.6 Å². The van der Waals surface area contributed by atoms with Crippen LogP contribution in [0.15, 0.2) is 36.0 Å². The standard InChI is InChI=1S/C25H31N3O/c1-16-7-21-5-3-4-6-23(21)28(16)15-22(14-26)24(29)27-17(2)25-11-18-8-19(12-25)10-20(9-18)13-25/h3-6,15-20H,7-13H2,1-2H3,(H,27,29)/b22-15-. The number of rotatable bonds is 4. The number of fused-ring (bicyclic) bond motifs is 1. The third kappa shape index (κ3) is 3.16. The number of para-hydroxylation sites is 1. The maximum absolute atomic E-state index is 13.1. The molecule has 0 radical (unpaired) electrons. The number of nitrogens with zero attached hydrogens (tertiary/aromatic N) is 2. The first-order valence-electron chi connectivity index (χ1n) is 11.3. The molecule has 4 bridgehead atoms. The zero-order chi connectivity index (χ0) is 20.2. The molecule has 5 aliphatic rings. The lowest BCUT2D eigenvalue weighted by Gasteiger charge is -2.59. The van der Waals surface area contributed by atoms with E-state index in [9.17, 15) is 10.1 Å². The van der Waals surface area contributed by atoms with Crippen LogP contribution in [0.3, 0.4) is 0 Å². The lowest BCUT2D eigenvalue weighted by atomic mass is 9.48. The van der Waals surface area contributed by atoms with E-state index >= 15 is 0 Å². The molecule has 0 spiro atoms. The number of hydrogen-bond donors (Lipinski definition) is 1. The maximum Gasteiger partial charge on any atom is 0.263 e. The Morgan fingerprint density at radius 3 is 2.45 bits per heavy atom. The third-order valence-electron chi connectivity index (χ3n) is 8.25. The molecule has 4 heteroatoms. The molecule has 4 aliphatic carbocycles. The van der Waals surface area contributed by atoms with Crippen molar-refractivity contribution in [3.05, 3.63) is 41.6 Å². The molecular weight excluding hydrogens is 358 g/mol. The molecule has 1 aromatic carbocycles. The molecule has 29 heavy (non-hydrogen) atoms. The molecule has 1 aromatic rings. The molecule has 1 aliphatic heterocycles. The highest BCUT2D eigenvalue weighted by Crippen LogP contribution is 2.61. The molecule has 0 saturated heterocycles. The predicted molar refractivity (Wildman–Crippen MR) is 114 cm³/mol. The van der Waals surface area contributed by atoms with Gasteiger partial charge in [-0.2, -0.15) is 5.26 Å². The van der Waals surface area contributed by atoms with E-state index in [0.29, 0.717) is 0 Å². The van der Waals surface area contributed by atoms with Crippen molar-refractivity contribution < 1.29 is 4.79 Å². The van der Waals surface area contributed by atoms with Gasteiger partial charge in [-0.3, -0.25) is 4.79 Å². The quantitative estimate of drug-likeness (QED) is 0.606. The van der Waals surface area contributed by atoms with Crippen molar-refractivity contribution in [1.82, 2.24) is 5.32 Å². The van der Waals surface area contributed by atoms with E-state index in [0.717, 1.165) is 29.9 Å². The number of hydrogen-bond acceptors (Lipinski definition) is 3. The van der Waals surface area contributed by atoms with Crippen LogP contribution in [0.25, 0.3) is 0 Å². The summed E-state index contributed by atoms with van der Waals surface area (Å²) in [6.45, 7) is 4.31. The average molecular weight is 390 g/mol. The van der Waals surface area contributed by atoms with Crippen LogP contribution < -0.4 is 10.2 Å². The second kappa shape index (κ2) is 6.90. The lowest BCUT2D eigenvalue weighted by molar-refractivity contribution is -0.122. The number of nitrogens with one attached hydrogen (secondary N) is 1. The molecular formula is C25H31N3O. The Morgan fingerprint density at radius 1 is 1.21 bits per heavy atom. The molecule has 4 nitrogen and oxygen atoms in total. The van der Waals surface area contributed by atoms with E-state index in [1.165, 1.54) is 44.1 Å². The van der Waals surface area contributed by atoms with Crippen LogP contribution >= 0.6 is 0 Å². The molecule has 1 amide bonds. The topological polar surface area (TPSA) is 56.1 Å². The van der Waals surface area contributed by atoms with Crippen LogP contribution in [-0.2, 0) is 11.2 Å². The van der Waals surface area contributed by atoms with Gasteiger partial charge in [0.2, 0.25) is 0 Å². The van der Waals surface area contributed by atoms with Crippen molar-refractivity contribution >= 4 is 11.6 Å². The molecule has 6 rings (SSSR count). The highest BCUT2D eigenvalue weighted by molar-refractivity contribution is 5.98. The summed E-state index contributed by atoms with van der Waals surface area (Å²) in [7, 11) is 0. The molecule has 2 unspecified atom stereocenters. The summed E-state index contributed by atoms with van der Waals surface area (Å²) in [5.74, 6) is 2.35. The Bertz CT molecular complexity index is 860. The number of anilines is 1. The molecule has 0 aromatic heterocycles. The Labute approximate surface area is 174 Å². The minimum Gasteiger partial charge on any atom is -0.348 e. The SMILES string of the molecule is CC1Cc2ccccc2N1/C=C(/C#N)C(=O)NC(C)C12CC3CC(CC(C3)C1)C2. The largest absolute Gasteiger partial charge is 0.348 e. The van der Waals surface area contributed by atoms with Gasteiger partial charge in [0.15, 0.2) is 0 Å². The van der Waals surface area contributed by atoms with Gasteiger partial charge in [0.25, 0.3) is 5.91 Å². The highest BCUT2D eigenvalue weighted by Gasteiger charge is 2.53. The molecule has 1 N–H and O–H groups in total. The maximum atomic E-state index is 13.1. The molecule has 4 saturated carbocycles. The van der Waals surface area contributed by atoms with E-state index in [1.807, 2.05) is 12.1 Å². The zero-order valence-corrected chi connectivity index (χ0v) is 17.5. The van der Waals surface area contributed by atoms with Gasteiger partial charge < -0.3 is 10.2 Å². The summed E-state index contributed by atoms with van der Waals surface area (Å²) < 4.78 is 0. The Kier molecular flexibility index (Phi) is 4.46. The first kappa shape index (κ1) is 18.7. The van der Waals surface area contributed by atoms with Gasteiger partial charge >= 0.3 is 0 Å². The number of benzene rings is 1. The minimum absolute atomic E-state index is 0.128. The zero-order valence-electron chi connectivity index (χ0n) is 17.5. The number of nitriles is 1. The Balaban J connectivity index is 1.33. The predicted octanol–water partition coefficient (Wildman–Crippen LogP) is 4.57. The Hall–Kier alpha value is -2.28. The molecule has 1 heterocycles. The summed E-state index contributed by atoms with van der Waals surface area (Å²) >= 11 is 0. The fourth-order valence-corrected chi connectivity index (χ4v) is 7.20. The van der Waals surface area contributed by atoms with Gasteiger partial charge in [-0.15, -0.1) is 0 Å². The van der Waals surface area contributed by atoms with E-state index in [-0.39, 0.29) is 29.0 Å². The molecule has 152 valence electrons. The highest BCUT2D eigenvalue weighted by atomic mass is 16.1. The summed E-state index contributed by atoms with van der Waals surface area (Å²) in [6, 6.07) is 10.8. The summed E-state index contributed by atoms with van der Waals surface area (Å²) in [5, 5.41) is 13.0. The normalized spacial score (nSPS) is 35.9. The van der Waals surface area contributed by atoms with Gasteiger partial charge in [-0.1, -0.05) is 18.2 Å². The van der Waals surface area contributed by atoms with Crippen molar-refractivity contribution in [2.75, 3.05) is 4.90 Å².